The maximum absolute atomic E-state index is 12.9. The van der Waals surface area contributed by atoms with Gasteiger partial charge in [-0.2, -0.15) is 0 Å². The number of hydrogen-bond donors (Lipinski definition) is 1. The zero-order chi connectivity index (χ0) is 14.7. The van der Waals surface area contributed by atoms with E-state index in [9.17, 15) is 9.90 Å². The molecule has 0 atom stereocenters. The normalized spacial score (nSPS) is 22.9. The number of ketones is 1. The number of benzene rings is 1. The molecule has 2 nitrogen and oxygen atoms in total. The third kappa shape index (κ3) is 3.06. The summed E-state index contributed by atoms with van der Waals surface area (Å²) in [6.45, 7) is 0. The molecular formula is C19H26O2. The minimum absolute atomic E-state index is 0.0247. The number of hydrogen-bond acceptors (Lipinski definition) is 2. The van der Waals surface area contributed by atoms with E-state index >= 15 is 0 Å². The van der Waals surface area contributed by atoms with Gasteiger partial charge in [-0.3, -0.25) is 4.79 Å². The Morgan fingerprint density at radius 2 is 1.57 bits per heavy atom. The number of Topliss-reactive ketones (excluding diaryl/α,β-unsaturated/α-hetero) is 1. The quantitative estimate of drug-likeness (QED) is 0.824. The van der Waals surface area contributed by atoms with Crippen molar-refractivity contribution in [2.75, 3.05) is 0 Å². The Labute approximate surface area is 127 Å². The molecule has 3 rings (SSSR count). The Balaban J connectivity index is 1.88. The summed E-state index contributed by atoms with van der Waals surface area (Å²) in [6.07, 6.45) is 10.5. The minimum Gasteiger partial charge on any atom is -0.382 e. The van der Waals surface area contributed by atoms with Crippen LogP contribution >= 0.6 is 0 Å². The van der Waals surface area contributed by atoms with Crippen molar-refractivity contribution in [3.63, 3.8) is 0 Å². The first-order chi connectivity index (χ1) is 10.2. The van der Waals surface area contributed by atoms with Gasteiger partial charge in [0.25, 0.3) is 0 Å². The van der Waals surface area contributed by atoms with Crippen molar-refractivity contribution in [3.8, 4) is 0 Å². The highest BCUT2D eigenvalue weighted by molar-refractivity contribution is 6.03. The first kappa shape index (κ1) is 14.8. The van der Waals surface area contributed by atoms with Crippen LogP contribution in [0.25, 0.3) is 0 Å². The molecule has 2 fully saturated rings. The van der Waals surface area contributed by atoms with Gasteiger partial charge < -0.3 is 5.11 Å². The summed E-state index contributed by atoms with van der Waals surface area (Å²) in [7, 11) is 0. The summed E-state index contributed by atoms with van der Waals surface area (Å²) in [5.41, 5.74) is 0.859. The Morgan fingerprint density at radius 1 is 0.952 bits per heavy atom. The first-order valence-electron chi connectivity index (χ1n) is 8.57. The second kappa shape index (κ2) is 6.31. The molecule has 2 aliphatic rings. The Bertz CT molecular complexity index is 494. The molecular weight excluding hydrogens is 260 g/mol. The van der Waals surface area contributed by atoms with Crippen LogP contribution in [0.2, 0.25) is 0 Å². The SMILES string of the molecule is O=C(c1ccccc1C1CCCCC1)C1(O)CCCCC1. The summed E-state index contributed by atoms with van der Waals surface area (Å²) in [4.78, 5) is 12.9. The van der Waals surface area contributed by atoms with E-state index in [0.717, 1.165) is 24.8 Å². The maximum Gasteiger partial charge on any atom is 0.194 e. The monoisotopic (exact) mass is 286 g/mol. The summed E-state index contributed by atoms with van der Waals surface area (Å²) >= 11 is 0. The molecule has 0 amide bonds. The van der Waals surface area contributed by atoms with Crippen molar-refractivity contribution in [2.45, 2.75) is 75.7 Å². The molecule has 0 unspecified atom stereocenters. The highest BCUT2D eigenvalue weighted by Gasteiger charge is 2.38. The molecule has 1 N–H and O–H groups in total. The second-order valence-electron chi connectivity index (χ2n) is 6.84. The Hall–Kier alpha value is -1.15. The predicted molar refractivity (Wildman–Crippen MR) is 84.6 cm³/mol. The summed E-state index contributed by atoms with van der Waals surface area (Å²) in [5, 5.41) is 10.8. The molecule has 2 aliphatic carbocycles. The molecule has 1 aromatic carbocycles. The van der Waals surface area contributed by atoms with Gasteiger partial charge in [0.05, 0.1) is 0 Å². The smallest absolute Gasteiger partial charge is 0.194 e. The van der Waals surface area contributed by atoms with Gasteiger partial charge in [-0.1, -0.05) is 62.8 Å². The van der Waals surface area contributed by atoms with Crippen molar-refractivity contribution < 1.29 is 9.90 Å². The molecule has 21 heavy (non-hydrogen) atoms. The van der Waals surface area contributed by atoms with E-state index in [1.54, 1.807) is 0 Å². The van der Waals surface area contributed by atoms with E-state index in [-0.39, 0.29) is 5.78 Å². The van der Waals surface area contributed by atoms with Gasteiger partial charge in [-0.05, 0) is 37.2 Å². The van der Waals surface area contributed by atoms with Crippen molar-refractivity contribution in [1.82, 2.24) is 0 Å². The van der Waals surface area contributed by atoms with E-state index in [4.69, 9.17) is 0 Å². The lowest BCUT2D eigenvalue weighted by Gasteiger charge is -2.32. The van der Waals surface area contributed by atoms with E-state index in [1.165, 1.54) is 37.7 Å². The van der Waals surface area contributed by atoms with Crippen molar-refractivity contribution in [2.24, 2.45) is 0 Å². The third-order valence-electron chi connectivity index (χ3n) is 5.35. The van der Waals surface area contributed by atoms with Crippen LogP contribution in [0.3, 0.4) is 0 Å². The first-order valence-corrected chi connectivity index (χ1v) is 8.57. The van der Waals surface area contributed by atoms with Gasteiger partial charge in [0, 0.05) is 5.56 Å². The second-order valence-corrected chi connectivity index (χ2v) is 6.84. The van der Waals surface area contributed by atoms with Crippen LogP contribution in [-0.2, 0) is 0 Å². The predicted octanol–water partition coefficient (Wildman–Crippen LogP) is 4.61. The van der Waals surface area contributed by atoms with Gasteiger partial charge in [-0.15, -0.1) is 0 Å². The summed E-state index contributed by atoms with van der Waals surface area (Å²) in [6, 6.07) is 8.01. The molecule has 2 saturated carbocycles. The Kier molecular flexibility index (Phi) is 4.44. The lowest BCUT2D eigenvalue weighted by atomic mass is 9.75. The van der Waals surface area contributed by atoms with Crippen molar-refractivity contribution >= 4 is 5.78 Å². The fraction of sp³-hybridized carbons (Fsp3) is 0.632. The average Bonchev–Trinajstić information content (AvgIpc) is 2.56. The van der Waals surface area contributed by atoms with Crippen LogP contribution in [-0.4, -0.2) is 16.5 Å². The van der Waals surface area contributed by atoms with E-state index in [1.807, 2.05) is 18.2 Å². The highest BCUT2D eigenvalue weighted by Crippen LogP contribution is 2.37. The largest absolute Gasteiger partial charge is 0.382 e. The van der Waals surface area contributed by atoms with Gasteiger partial charge in [0.15, 0.2) is 5.78 Å². The fourth-order valence-corrected chi connectivity index (χ4v) is 4.09. The summed E-state index contributed by atoms with van der Waals surface area (Å²) in [5.74, 6) is 0.481. The maximum atomic E-state index is 12.9. The zero-order valence-corrected chi connectivity index (χ0v) is 12.8. The van der Waals surface area contributed by atoms with E-state index < -0.39 is 5.60 Å². The lowest BCUT2D eigenvalue weighted by molar-refractivity contribution is 0.0115. The summed E-state index contributed by atoms with van der Waals surface area (Å²) < 4.78 is 0. The lowest BCUT2D eigenvalue weighted by Crippen LogP contribution is -2.41. The molecule has 2 heteroatoms. The molecule has 0 radical (unpaired) electrons. The molecule has 0 aliphatic heterocycles. The Morgan fingerprint density at radius 3 is 2.29 bits per heavy atom. The molecule has 0 aromatic heterocycles. The van der Waals surface area contributed by atoms with Crippen LogP contribution in [0.5, 0.6) is 0 Å². The molecule has 0 spiro atoms. The third-order valence-corrected chi connectivity index (χ3v) is 5.35. The van der Waals surface area contributed by atoms with Crippen molar-refractivity contribution in [1.29, 1.82) is 0 Å². The molecule has 0 heterocycles. The van der Waals surface area contributed by atoms with Gasteiger partial charge in [0.2, 0.25) is 0 Å². The van der Waals surface area contributed by atoms with Crippen LogP contribution in [0.15, 0.2) is 24.3 Å². The van der Waals surface area contributed by atoms with Gasteiger partial charge in [-0.25, -0.2) is 0 Å². The van der Waals surface area contributed by atoms with Gasteiger partial charge >= 0.3 is 0 Å². The fourth-order valence-electron chi connectivity index (χ4n) is 4.09. The number of aliphatic hydroxyl groups is 1. The molecule has 0 bridgehead atoms. The molecule has 0 saturated heterocycles. The number of carbonyl (C=O) groups is 1. The van der Waals surface area contributed by atoms with E-state index in [2.05, 4.69) is 6.07 Å². The van der Waals surface area contributed by atoms with E-state index in [0.29, 0.717) is 18.8 Å². The number of rotatable bonds is 3. The molecule has 114 valence electrons. The van der Waals surface area contributed by atoms with Crippen LogP contribution in [0.4, 0.5) is 0 Å². The average molecular weight is 286 g/mol. The standard InChI is InChI=1S/C19H26O2/c20-18(19(21)13-7-2-8-14-19)17-12-6-5-11-16(17)15-9-3-1-4-10-15/h5-6,11-12,15,21H,1-4,7-10,13-14H2. The van der Waals surface area contributed by atoms with Crippen LogP contribution in [0, 0.1) is 0 Å². The van der Waals surface area contributed by atoms with Crippen LogP contribution < -0.4 is 0 Å². The number of carbonyl (C=O) groups excluding carboxylic acids is 1. The van der Waals surface area contributed by atoms with Crippen LogP contribution in [0.1, 0.15) is 86.0 Å². The highest BCUT2D eigenvalue weighted by atomic mass is 16.3. The van der Waals surface area contributed by atoms with Gasteiger partial charge in [0.1, 0.15) is 5.60 Å². The molecule has 1 aromatic rings. The minimum atomic E-state index is -1.11. The topological polar surface area (TPSA) is 37.3 Å². The van der Waals surface area contributed by atoms with Crippen molar-refractivity contribution in [3.05, 3.63) is 35.4 Å². The zero-order valence-electron chi connectivity index (χ0n) is 12.8.